The fraction of sp³-hybridized carbons (Fsp3) is 0.130. The number of hydrogen-bond donors (Lipinski definition) is 2. The Morgan fingerprint density at radius 1 is 0.967 bits per heavy atom. The van der Waals surface area contributed by atoms with Crippen LogP contribution >= 0.6 is 34.8 Å². The molecule has 3 aromatic rings. The summed E-state index contributed by atoms with van der Waals surface area (Å²) in [5, 5.41) is 3.34. The van der Waals surface area contributed by atoms with Crippen LogP contribution in [0.4, 0.5) is 5.69 Å². The number of nitrogens with two attached hydrogens (primary N) is 1. The van der Waals surface area contributed by atoms with E-state index in [-0.39, 0.29) is 22.2 Å². The van der Waals surface area contributed by atoms with E-state index in [1.165, 1.54) is 11.1 Å². The molecule has 3 rings (SSSR count). The third-order valence-corrected chi connectivity index (χ3v) is 4.87. The first-order chi connectivity index (χ1) is 14.3. The minimum atomic E-state index is -0.413. The third-order valence-electron chi connectivity index (χ3n) is 4.06. The quantitative estimate of drug-likeness (QED) is 0.368. The zero-order valence-corrected chi connectivity index (χ0v) is 18.6. The number of carbonyl (C=O) groups excluding carboxylic acids is 2. The summed E-state index contributed by atoms with van der Waals surface area (Å²) >= 11 is 17.4. The summed E-state index contributed by atoms with van der Waals surface area (Å²) in [5.74, 6) is -0.924. The topological polar surface area (TPSA) is 72.2 Å². The van der Waals surface area contributed by atoms with E-state index >= 15 is 0 Å². The number of carbonyl (C=O) groups is 2. The summed E-state index contributed by atoms with van der Waals surface area (Å²) in [7, 11) is 0. The lowest BCUT2D eigenvalue weighted by atomic mass is 10.0. The number of aryl methyl sites for hydroxylation is 1. The second-order valence-electron chi connectivity index (χ2n) is 6.37. The summed E-state index contributed by atoms with van der Waals surface area (Å²) in [6.45, 7) is 2.71. The largest absolute Gasteiger partial charge is 0.326 e. The van der Waals surface area contributed by atoms with Crippen LogP contribution in [0.2, 0.25) is 10.0 Å². The van der Waals surface area contributed by atoms with Gasteiger partial charge in [0.15, 0.2) is 5.78 Å². The van der Waals surface area contributed by atoms with Gasteiger partial charge in [0.1, 0.15) is 5.88 Å². The van der Waals surface area contributed by atoms with Crippen molar-refractivity contribution < 1.29 is 9.59 Å². The first kappa shape index (κ1) is 23.9. The van der Waals surface area contributed by atoms with Crippen molar-refractivity contribution in [2.24, 2.45) is 5.73 Å². The molecule has 7 heteroatoms. The molecule has 0 heterocycles. The predicted molar refractivity (Wildman–Crippen MR) is 125 cm³/mol. The van der Waals surface area contributed by atoms with Gasteiger partial charge in [0.05, 0.1) is 16.3 Å². The Labute approximate surface area is 190 Å². The van der Waals surface area contributed by atoms with Crippen molar-refractivity contribution in [2.45, 2.75) is 13.5 Å². The lowest BCUT2D eigenvalue weighted by Gasteiger charge is -2.11. The van der Waals surface area contributed by atoms with Crippen LogP contribution in [0.3, 0.4) is 0 Å². The highest BCUT2D eigenvalue weighted by molar-refractivity contribution is 6.36. The van der Waals surface area contributed by atoms with Crippen molar-refractivity contribution in [2.75, 3.05) is 11.2 Å². The number of benzene rings is 3. The van der Waals surface area contributed by atoms with Crippen LogP contribution in [-0.4, -0.2) is 17.6 Å². The molecule has 0 aliphatic rings. The summed E-state index contributed by atoms with van der Waals surface area (Å²) in [6.07, 6.45) is 0. The zero-order valence-electron chi connectivity index (χ0n) is 16.3. The van der Waals surface area contributed by atoms with Crippen molar-refractivity contribution in [1.29, 1.82) is 0 Å². The molecule has 3 aromatic carbocycles. The number of rotatable bonds is 5. The number of nitrogens with one attached hydrogen (secondary N) is 1. The van der Waals surface area contributed by atoms with Crippen molar-refractivity contribution in [3.8, 4) is 0 Å². The van der Waals surface area contributed by atoms with Gasteiger partial charge in [-0.1, -0.05) is 59.1 Å². The SMILES string of the molecule is Cc1cccc(CN)c1.O=C(CCl)Nc1cccc(Cl)c1C(=O)c1ccc(Cl)cc1. The number of halogens is 3. The number of ketones is 1. The molecule has 156 valence electrons. The number of hydrogen-bond acceptors (Lipinski definition) is 3. The molecule has 0 saturated heterocycles. The average molecular weight is 464 g/mol. The predicted octanol–water partition coefficient (Wildman–Crippen LogP) is 5.86. The molecule has 1 amide bonds. The van der Waals surface area contributed by atoms with E-state index in [2.05, 4.69) is 24.4 Å². The molecule has 0 atom stereocenters. The second kappa shape index (κ2) is 11.7. The molecule has 0 saturated carbocycles. The van der Waals surface area contributed by atoms with Crippen molar-refractivity contribution in [3.63, 3.8) is 0 Å². The maximum Gasteiger partial charge on any atom is 0.239 e. The Morgan fingerprint density at radius 2 is 1.63 bits per heavy atom. The number of alkyl halides is 1. The Bertz CT molecular complexity index is 1020. The molecule has 30 heavy (non-hydrogen) atoms. The van der Waals surface area contributed by atoms with Gasteiger partial charge in [0, 0.05) is 17.1 Å². The average Bonchev–Trinajstić information content (AvgIpc) is 2.74. The van der Waals surface area contributed by atoms with Crippen LogP contribution in [0.1, 0.15) is 27.0 Å². The molecule has 0 unspecified atom stereocenters. The van der Waals surface area contributed by atoms with Gasteiger partial charge in [0.25, 0.3) is 0 Å². The van der Waals surface area contributed by atoms with Crippen molar-refractivity contribution in [3.05, 3.63) is 99.0 Å². The summed E-state index contributed by atoms with van der Waals surface area (Å²) in [5.41, 5.74) is 8.87. The molecule has 0 aliphatic heterocycles. The Balaban J connectivity index is 0.000000297. The molecule has 0 fully saturated rings. The smallest absolute Gasteiger partial charge is 0.239 e. The molecule has 4 nitrogen and oxygen atoms in total. The van der Waals surface area contributed by atoms with Gasteiger partial charge in [-0.15, -0.1) is 11.6 Å². The van der Waals surface area contributed by atoms with Crippen LogP contribution < -0.4 is 11.1 Å². The lowest BCUT2D eigenvalue weighted by molar-refractivity contribution is -0.113. The van der Waals surface area contributed by atoms with E-state index in [9.17, 15) is 9.59 Å². The molecule has 0 radical (unpaired) electrons. The monoisotopic (exact) mass is 462 g/mol. The Hall–Kier alpha value is -2.37. The normalized spacial score (nSPS) is 10.0. The van der Waals surface area contributed by atoms with Gasteiger partial charge >= 0.3 is 0 Å². The minimum Gasteiger partial charge on any atom is -0.326 e. The highest BCUT2D eigenvalue weighted by atomic mass is 35.5. The first-order valence-electron chi connectivity index (χ1n) is 9.06. The van der Waals surface area contributed by atoms with Gasteiger partial charge < -0.3 is 11.1 Å². The second-order valence-corrected chi connectivity index (χ2v) is 7.48. The van der Waals surface area contributed by atoms with Crippen LogP contribution in [-0.2, 0) is 11.3 Å². The Morgan fingerprint density at radius 3 is 2.20 bits per heavy atom. The summed E-state index contributed by atoms with van der Waals surface area (Å²) in [6, 6.07) is 19.5. The minimum absolute atomic E-state index is 0.207. The lowest BCUT2D eigenvalue weighted by Crippen LogP contribution is -2.16. The third kappa shape index (κ3) is 6.85. The fourth-order valence-corrected chi connectivity index (χ4v) is 3.08. The zero-order chi connectivity index (χ0) is 22.1. The molecule has 0 spiro atoms. The van der Waals surface area contributed by atoms with Gasteiger partial charge in [0.2, 0.25) is 5.91 Å². The standard InChI is InChI=1S/C15H10Cl3NO2.C8H11N/c16-8-13(20)19-12-3-1-2-11(18)14(12)15(21)9-4-6-10(17)7-5-9;1-7-3-2-4-8(5-7)6-9/h1-7H,8H2,(H,19,20);2-5H,6,9H2,1H3. The van der Waals surface area contributed by atoms with Gasteiger partial charge in [-0.3, -0.25) is 9.59 Å². The van der Waals surface area contributed by atoms with E-state index < -0.39 is 5.91 Å². The van der Waals surface area contributed by atoms with E-state index in [1.54, 1.807) is 42.5 Å². The highest BCUT2D eigenvalue weighted by Crippen LogP contribution is 2.27. The summed E-state index contributed by atoms with van der Waals surface area (Å²) < 4.78 is 0. The molecular weight excluding hydrogens is 443 g/mol. The van der Waals surface area contributed by atoms with Crippen LogP contribution in [0, 0.1) is 6.92 Å². The molecular formula is C23H21Cl3N2O2. The molecule has 0 bridgehead atoms. The van der Waals surface area contributed by atoms with Gasteiger partial charge in [-0.2, -0.15) is 0 Å². The molecule has 0 aliphatic carbocycles. The molecule has 3 N–H and O–H groups in total. The van der Waals surface area contributed by atoms with E-state index in [4.69, 9.17) is 40.5 Å². The van der Waals surface area contributed by atoms with E-state index in [0.717, 1.165) is 0 Å². The number of amides is 1. The van der Waals surface area contributed by atoms with Crippen molar-refractivity contribution in [1.82, 2.24) is 0 Å². The van der Waals surface area contributed by atoms with E-state index in [0.29, 0.717) is 22.8 Å². The van der Waals surface area contributed by atoms with Crippen LogP contribution in [0.25, 0.3) is 0 Å². The highest BCUT2D eigenvalue weighted by Gasteiger charge is 2.18. The number of anilines is 1. The maximum atomic E-state index is 12.6. The Kier molecular flexibility index (Phi) is 9.34. The molecule has 0 aromatic heterocycles. The fourth-order valence-electron chi connectivity index (χ4n) is 2.63. The maximum absolute atomic E-state index is 12.6. The summed E-state index contributed by atoms with van der Waals surface area (Å²) in [4.78, 5) is 24.0. The van der Waals surface area contributed by atoms with Crippen LogP contribution in [0.15, 0.2) is 66.7 Å². The van der Waals surface area contributed by atoms with Crippen LogP contribution in [0.5, 0.6) is 0 Å². The first-order valence-corrected chi connectivity index (χ1v) is 10.3. The van der Waals surface area contributed by atoms with Gasteiger partial charge in [-0.05, 0) is 48.9 Å². The van der Waals surface area contributed by atoms with E-state index in [1.807, 2.05) is 12.1 Å². The van der Waals surface area contributed by atoms with Crippen molar-refractivity contribution >= 4 is 52.2 Å². The van der Waals surface area contributed by atoms with Gasteiger partial charge in [-0.25, -0.2) is 0 Å².